The minimum absolute atomic E-state index is 0.238. The van der Waals surface area contributed by atoms with Crippen molar-refractivity contribution < 1.29 is 4.79 Å². The van der Waals surface area contributed by atoms with Crippen molar-refractivity contribution in [1.82, 2.24) is 29.7 Å². The SMILES string of the molecule is O=C(CCN1CCN(c2ncccn2)CC1)N1CCN(c2ncccn2)CC1. The van der Waals surface area contributed by atoms with Gasteiger partial charge in [0.05, 0.1) is 0 Å². The second kappa shape index (κ2) is 8.92. The Morgan fingerprint density at radius 2 is 1.18 bits per heavy atom. The van der Waals surface area contributed by atoms with E-state index < -0.39 is 0 Å². The van der Waals surface area contributed by atoms with Crippen molar-refractivity contribution in [2.75, 3.05) is 68.7 Å². The molecule has 9 heteroatoms. The summed E-state index contributed by atoms with van der Waals surface area (Å²) in [5.41, 5.74) is 0. The molecular weight excluding hydrogens is 356 g/mol. The molecule has 0 unspecified atom stereocenters. The predicted octanol–water partition coefficient (Wildman–Crippen LogP) is 0.128. The molecule has 0 saturated carbocycles. The molecule has 2 saturated heterocycles. The Hall–Kier alpha value is -2.81. The van der Waals surface area contributed by atoms with E-state index in [9.17, 15) is 4.79 Å². The molecule has 4 heterocycles. The van der Waals surface area contributed by atoms with Crippen LogP contribution in [0.4, 0.5) is 11.9 Å². The first-order valence-corrected chi connectivity index (χ1v) is 9.84. The smallest absolute Gasteiger partial charge is 0.225 e. The summed E-state index contributed by atoms with van der Waals surface area (Å²) in [6.07, 6.45) is 7.63. The largest absolute Gasteiger partial charge is 0.339 e. The van der Waals surface area contributed by atoms with Crippen molar-refractivity contribution in [2.45, 2.75) is 6.42 Å². The summed E-state index contributed by atoms with van der Waals surface area (Å²) >= 11 is 0. The van der Waals surface area contributed by atoms with Gasteiger partial charge in [-0.25, -0.2) is 19.9 Å². The van der Waals surface area contributed by atoms with Crippen LogP contribution in [0.5, 0.6) is 0 Å². The highest BCUT2D eigenvalue weighted by molar-refractivity contribution is 5.76. The molecule has 28 heavy (non-hydrogen) atoms. The number of nitrogens with zero attached hydrogens (tertiary/aromatic N) is 8. The Morgan fingerprint density at radius 3 is 1.68 bits per heavy atom. The Bertz CT molecular complexity index is 743. The number of amides is 1. The third-order valence-electron chi connectivity index (χ3n) is 5.32. The molecule has 2 aromatic heterocycles. The zero-order valence-corrected chi connectivity index (χ0v) is 16.0. The number of aromatic nitrogens is 4. The number of carbonyl (C=O) groups excluding carboxylic acids is 1. The zero-order valence-electron chi connectivity index (χ0n) is 16.0. The van der Waals surface area contributed by atoms with Crippen LogP contribution in [0.25, 0.3) is 0 Å². The highest BCUT2D eigenvalue weighted by Crippen LogP contribution is 2.12. The summed E-state index contributed by atoms with van der Waals surface area (Å²) in [4.78, 5) is 38.4. The second-order valence-electron chi connectivity index (χ2n) is 7.04. The van der Waals surface area contributed by atoms with E-state index in [1.807, 2.05) is 17.0 Å². The van der Waals surface area contributed by atoms with Gasteiger partial charge < -0.3 is 14.7 Å². The lowest BCUT2D eigenvalue weighted by Gasteiger charge is -2.36. The summed E-state index contributed by atoms with van der Waals surface area (Å²) in [6, 6.07) is 3.65. The second-order valence-corrected chi connectivity index (χ2v) is 7.04. The minimum Gasteiger partial charge on any atom is -0.339 e. The van der Waals surface area contributed by atoms with E-state index in [0.29, 0.717) is 6.42 Å². The molecule has 9 nitrogen and oxygen atoms in total. The quantitative estimate of drug-likeness (QED) is 0.722. The zero-order chi connectivity index (χ0) is 19.2. The third kappa shape index (κ3) is 4.53. The maximum Gasteiger partial charge on any atom is 0.225 e. The van der Waals surface area contributed by atoms with Gasteiger partial charge in [-0.05, 0) is 12.1 Å². The van der Waals surface area contributed by atoms with Gasteiger partial charge in [0.15, 0.2) is 0 Å². The van der Waals surface area contributed by atoms with Crippen molar-refractivity contribution >= 4 is 17.8 Å². The molecule has 2 aromatic rings. The van der Waals surface area contributed by atoms with Crippen molar-refractivity contribution in [2.24, 2.45) is 0 Å². The molecule has 0 aromatic carbocycles. The molecule has 2 aliphatic heterocycles. The highest BCUT2D eigenvalue weighted by Gasteiger charge is 2.24. The van der Waals surface area contributed by atoms with Gasteiger partial charge in [-0.15, -0.1) is 0 Å². The van der Waals surface area contributed by atoms with Crippen LogP contribution in [0.1, 0.15) is 6.42 Å². The number of rotatable bonds is 5. The monoisotopic (exact) mass is 382 g/mol. The van der Waals surface area contributed by atoms with Gasteiger partial charge in [-0.2, -0.15) is 0 Å². The normalized spacial score (nSPS) is 18.4. The van der Waals surface area contributed by atoms with E-state index in [4.69, 9.17) is 0 Å². The average Bonchev–Trinajstić information content (AvgIpc) is 2.79. The van der Waals surface area contributed by atoms with Crippen molar-refractivity contribution in [3.05, 3.63) is 36.9 Å². The van der Waals surface area contributed by atoms with E-state index in [1.54, 1.807) is 24.8 Å². The van der Waals surface area contributed by atoms with Crippen LogP contribution < -0.4 is 9.80 Å². The lowest BCUT2D eigenvalue weighted by molar-refractivity contribution is -0.131. The Balaban J connectivity index is 1.18. The van der Waals surface area contributed by atoms with Crippen LogP contribution in [-0.4, -0.2) is 94.5 Å². The minimum atomic E-state index is 0.238. The molecule has 0 radical (unpaired) electrons. The van der Waals surface area contributed by atoms with Crippen molar-refractivity contribution in [3.63, 3.8) is 0 Å². The summed E-state index contributed by atoms with van der Waals surface area (Å²) in [6.45, 7) is 7.50. The van der Waals surface area contributed by atoms with Gasteiger partial charge in [0.25, 0.3) is 0 Å². The molecular formula is C19H26N8O. The Morgan fingerprint density at radius 1 is 0.714 bits per heavy atom. The maximum absolute atomic E-state index is 12.6. The molecule has 0 N–H and O–H groups in total. The van der Waals surface area contributed by atoms with Crippen LogP contribution >= 0.6 is 0 Å². The molecule has 4 rings (SSSR count). The standard InChI is InChI=1S/C19H26N8O/c28-17(25-13-15-27(16-14-25)19-22-6-2-7-23-19)3-8-24-9-11-26(12-10-24)18-20-4-1-5-21-18/h1-2,4-7H,3,8-16H2. The van der Waals surface area contributed by atoms with Gasteiger partial charge in [0.1, 0.15) is 0 Å². The first kappa shape index (κ1) is 18.5. The van der Waals surface area contributed by atoms with Crippen LogP contribution in [-0.2, 0) is 4.79 Å². The first-order valence-electron chi connectivity index (χ1n) is 9.84. The third-order valence-corrected chi connectivity index (χ3v) is 5.32. The number of hydrogen-bond acceptors (Lipinski definition) is 8. The lowest BCUT2D eigenvalue weighted by atomic mass is 10.2. The van der Waals surface area contributed by atoms with Crippen LogP contribution in [0.15, 0.2) is 36.9 Å². The van der Waals surface area contributed by atoms with Gasteiger partial charge in [0, 0.05) is 90.1 Å². The van der Waals surface area contributed by atoms with Crippen LogP contribution in [0, 0.1) is 0 Å². The van der Waals surface area contributed by atoms with E-state index in [2.05, 4.69) is 34.6 Å². The fourth-order valence-corrected chi connectivity index (χ4v) is 3.65. The molecule has 0 aliphatic carbocycles. The number of carbonyl (C=O) groups is 1. The lowest BCUT2D eigenvalue weighted by Crippen LogP contribution is -2.51. The van der Waals surface area contributed by atoms with E-state index in [-0.39, 0.29) is 5.91 Å². The van der Waals surface area contributed by atoms with Gasteiger partial charge in [-0.1, -0.05) is 0 Å². The highest BCUT2D eigenvalue weighted by atomic mass is 16.2. The molecule has 2 aliphatic rings. The number of anilines is 2. The van der Waals surface area contributed by atoms with Crippen molar-refractivity contribution in [1.29, 1.82) is 0 Å². The van der Waals surface area contributed by atoms with Gasteiger partial charge >= 0.3 is 0 Å². The summed E-state index contributed by atoms with van der Waals surface area (Å²) in [5.74, 6) is 1.77. The predicted molar refractivity (Wildman–Crippen MR) is 106 cm³/mol. The molecule has 0 spiro atoms. The fourth-order valence-electron chi connectivity index (χ4n) is 3.65. The molecule has 2 fully saturated rings. The average molecular weight is 382 g/mol. The van der Waals surface area contributed by atoms with E-state index >= 15 is 0 Å². The Labute approximate surface area is 165 Å². The summed E-state index contributed by atoms with van der Waals surface area (Å²) in [5, 5.41) is 0. The van der Waals surface area contributed by atoms with Crippen LogP contribution in [0.2, 0.25) is 0 Å². The number of hydrogen-bond donors (Lipinski definition) is 0. The number of piperazine rings is 2. The van der Waals surface area contributed by atoms with E-state index in [0.717, 1.165) is 70.8 Å². The fraction of sp³-hybridized carbons (Fsp3) is 0.526. The van der Waals surface area contributed by atoms with Crippen LogP contribution in [0.3, 0.4) is 0 Å². The van der Waals surface area contributed by atoms with Gasteiger partial charge in [-0.3, -0.25) is 9.69 Å². The van der Waals surface area contributed by atoms with E-state index in [1.165, 1.54) is 0 Å². The first-order chi connectivity index (χ1) is 13.8. The summed E-state index contributed by atoms with van der Waals surface area (Å²) < 4.78 is 0. The maximum atomic E-state index is 12.6. The molecule has 148 valence electrons. The molecule has 1 amide bonds. The van der Waals surface area contributed by atoms with Crippen molar-refractivity contribution in [3.8, 4) is 0 Å². The molecule has 0 bridgehead atoms. The topological polar surface area (TPSA) is 81.6 Å². The Kier molecular flexibility index (Phi) is 5.91. The van der Waals surface area contributed by atoms with Gasteiger partial charge in [0.2, 0.25) is 17.8 Å². The summed E-state index contributed by atoms with van der Waals surface area (Å²) in [7, 11) is 0. The molecule has 0 atom stereocenters.